The molecule has 6 heteroatoms. The summed E-state index contributed by atoms with van der Waals surface area (Å²) >= 11 is 1.62. The highest BCUT2D eigenvalue weighted by Crippen LogP contribution is 2.33. The molecule has 1 aromatic heterocycles. The zero-order valence-electron chi connectivity index (χ0n) is 15.2. The van der Waals surface area contributed by atoms with Gasteiger partial charge in [0.05, 0.1) is 5.56 Å². The lowest BCUT2D eigenvalue weighted by Gasteiger charge is -2.18. The van der Waals surface area contributed by atoms with Crippen LogP contribution in [0.25, 0.3) is 10.4 Å². The molecular weight excluding hydrogens is 383 g/mol. The average Bonchev–Trinajstić information content (AvgIpc) is 3.03. The number of nitrogens with zero attached hydrogens (tertiary/aromatic N) is 1. The van der Waals surface area contributed by atoms with Crippen LogP contribution in [0.4, 0.5) is 13.2 Å². The summed E-state index contributed by atoms with van der Waals surface area (Å²) in [7, 11) is 0. The van der Waals surface area contributed by atoms with Crippen molar-refractivity contribution in [2.75, 3.05) is 13.1 Å². The molecule has 3 aromatic rings. The Labute approximate surface area is 165 Å². The van der Waals surface area contributed by atoms with Gasteiger partial charge in [0.2, 0.25) is 0 Å². The first-order valence-corrected chi connectivity index (χ1v) is 9.99. The van der Waals surface area contributed by atoms with Gasteiger partial charge in [-0.2, -0.15) is 13.2 Å². The number of thiophene rings is 1. The predicted molar refractivity (Wildman–Crippen MR) is 106 cm³/mol. The molecule has 0 unspecified atom stereocenters. The van der Waals surface area contributed by atoms with Crippen molar-refractivity contribution in [1.82, 2.24) is 4.90 Å². The SMILES string of the molecule is Oc1ccc2c(c1)CCN(Cc1ccc(-c3ccc(C(F)(F)F)cc3)s1)CC2. The van der Waals surface area contributed by atoms with Gasteiger partial charge in [-0.3, -0.25) is 4.90 Å². The van der Waals surface area contributed by atoms with E-state index >= 15 is 0 Å². The number of fused-ring (bicyclic) bond motifs is 1. The standard InChI is InChI=1S/C22H20F3NOS/c23-22(24,25)18-4-1-16(2-5-18)21-8-7-20(28-21)14-26-11-9-15-3-6-19(27)13-17(15)10-12-26/h1-8,13,27H,9-12,14H2. The van der Waals surface area contributed by atoms with Gasteiger partial charge < -0.3 is 5.11 Å². The van der Waals surface area contributed by atoms with Crippen LogP contribution in [0.15, 0.2) is 54.6 Å². The van der Waals surface area contributed by atoms with Crippen LogP contribution in [0, 0.1) is 0 Å². The van der Waals surface area contributed by atoms with E-state index in [9.17, 15) is 18.3 Å². The Kier molecular flexibility index (Phi) is 5.17. The summed E-state index contributed by atoms with van der Waals surface area (Å²) in [5, 5.41) is 9.68. The van der Waals surface area contributed by atoms with E-state index in [4.69, 9.17) is 0 Å². The normalized spacial score (nSPS) is 15.2. The highest BCUT2D eigenvalue weighted by Gasteiger charge is 2.30. The van der Waals surface area contributed by atoms with Gasteiger partial charge in [0.15, 0.2) is 0 Å². The molecule has 2 nitrogen and oxygen atoms in total. The summed E-state index contributed by atoms with van der Waals surface area (Å²) in [5.74, 6) is 0.312. The second-order valence-electron chi connectivity index (χ2n) is 7.07. The van der Waals surface area contributed by atoms with Gasteiger partial charge >= 0.3 is 6.18 Å². The van der Waals surface area contributed by atoms with Gasteiger partial charge in [0, 0.05) is 29.4 Å². The van der Waals surface area contributed by atoms with Crippen molar-refractivity contribution in [1.29, 1.82) is 0 Å². The van der Waals surface area contributed by atoms with Gasteiger partial charge in [-0.25, -0.2) is 0 Å². The molecule has 0 spiro atoms. The van der Waals surface area contributed by atoms with Crippen LogP contribution < -0.4 is 0 Å². The van der Waals surface area contributed by atoms with Crippen LogP contribution in [0.2, 0.25) is 0 Å². The zero-order valence-corrected chi connectivity index (χ0v) is 16.0. The summed E-state index contributed by atoms with van der Waals surface area (Å²) in [6.07, 6.45) is -2.45. The molecule has 0 saturated carbocycles. The maximum Gasteiger partial charge on any atom is 0.416 e. The fourth-order valence-corrected chi connectivity index (χ4v) is 4.63. The van der Waals surface area contributed by atoms with Crippen molar-refractivity contribution < 1.29 is 18.3 Å². The minimum Gasteiger partial charge on any atom is -0.508 e. The molecule has 0 radical (unpaired) electrons. The van der Waals surface area contributed by atoms with Gasteiger partial charge in [-0.15, -0.1) is 11.3 Å². The van der Waals surface area contributed by atoms with Crippen molar-refractivity contribution in [3.8, 4) is 16.2 Å². The Balaban J connectivity index is 1.43. The lowest BCUT2D eigenvalue weighted by atomic mass is 10.0. The molecule has 0 atom stereocenters. The lowest BCUT2D eigenvalue weighted by molar-refractivity contribution is -0.137. The molecule has 0 fully saturated rings. The van der Waals surface area contributed by atoms with Crippen molar-refractivity contribution >= 4 is 11.3 Å². The first-order chi connectivity index (χ1) is 13.4. The van der Waals surface area contributed by atoms with Crippen LogP contribution in [0.1, 0.15) is 21.6 Å². The Morgan fingerprint density at radius 1 is 0.893 bits per heavy atom. The molecule has 2 heterocycles. The van der Waals surface area contributed by atoms with Crippen LogP contribution in [0.3, 0.4) is 0 Å². The Hall–Kier alpha value is -2.31. The number of benzene rings is 2. The van der Waals surface area contributed by atoms with Gasteiger partial charge in [-0.05, 0) is 65.9 Å². The summed E-state index contributed by atoms with van der Waals surface area (Å²) in [6.45, 7) is 2.69. The summed E-state index contributed by atoms with van der Waals surface area (Å²) < 4.78 is 38.2. The molecule has 1 N–H and O–H groups in total. The van der Waals surface area contributed by atoms with E-state index in [0.29, 0.717) is 5.75 Å². The quantitative estimate of drug-likeness (QED) is 0.603. The topological polar surface area (TPSA) is 23.5 Å². The predicted octanol–water partition coefficient (Wildman–Crippen LogP) is 5.74. The van der Waals surface area contributed by atoms with E-state index in [1.807, 2.05) is 18.2 Å². The highest BCUT2D eigenvalue weighted by atomic mass is 32.1. The third kappa shape index (κ3) is 4.23. The number of halogens is 3. The van der Waals surface area contributed by atoms with E-state index in [0.717, 1.165) is 55.0 Å². The molecule has 1 aliphatic rings. The molecule has 1 aliphatic heterocycles. The molecule has 146 valence electrons. The maximum atomic E-state index is 12.7. The second-order valence-corrected chi connectivity index (χ2v) is 8.24. The lowest BCUT2D eigenvalue weighted by Crippen LogP contribution is -2.25. The van der Waals surface area contributed by atoms with Crippen molar-refractivity contribution in [2.24, 2.45) is 0 Å². The summed E-state index contributed by atoms with van der Waals surface area (Å²) in [5.41, 5.74) is 2.68. The minimum atomic E-state index is -4.31. The molecule has 28 heavy (non-hydrogen) atoms. The molecule has 0 aliphatic carbocycles. The summed E-state index contributed by atoms with van der Waals surface area (Å²) in [4.78, 5) is 4.56. The number of hydrogen-bond acceptors (Lipinski definition) is 3. The average molecular weight is 403 g/mol. The smallest absolute Gasteiger partial charge is 0.416 e. The Bertz CT molecular complexity index is 963. The van der Waals surface area contributed by atoms with E-state index in [1.165, 1.54) is 28.1 Å². The van der Waals surface area contributed by atoms with E-state index < -0.39 is 11.7 Å². The van der Waals surface area contributed by atoms with E-state index in [1.54, 1.807) is 17.4 Å². The molecule has 2 aromatic carbocycles. The van der Waals surface area contributed by atoms with Crippen molar-refractivity contribution in [3.63, 3.8) is 0 Å². The third-order valence-corrected chi connectivity index (χ3v) is 6.24. The molecule has 4 rings (SSSR count). The van der Waals surface area contributed by atoms with Crippen molar-refractivity contribution in [2.45, 2.75) is 25.6 Å². The highest BCUT2D eigenvalue weighted by molar-refractivity contribution is 7.15. The molecule has 0 saturated heterocycles. The number of aromatic hydroxyl groups is 1. The fraction of sp³-hybridized carbons (Fsp3) is 0.273. The first kappa shape index (κ1) is 19.0. The number of phenolic OH excluding ortho intramolecular Hbond substituents is 1. The van der Waals surface area contributed by atoms with E-state index in [-0.39, 0.29) is 0 Å². The second kappa shape index (κ2) is 7.60. The first-order valence-electron chi connectivity index (χ1n) is 9.18. The summed E-state index contributed by atoms with van der Waals surface area (Å²) in [6, 6.07) is 15.0. The van der Waals surface area contributed by atoms with Gasteiger partial charge in [0.25, 0.3) is 0 Å². The number of alkyl halides is 3. The van der Waals surface area contributed by atoms with Crippen LogP contribution in [-0.2, 0) is 25.6 Å². The number of hydrogen-bond donors (Lipinski definition) is 1. The molecular formula is C22H20F3NOS. The third-order valence-electron chi connectivity index (χ3n) is 5.12. The Morgan fingerprint density at radius 3 is 2.32 bits per heavy atom. The van der Waals surface area contributed by atoms with Gasteiger partial charge in [0.1, 0.15) is 5.75 Å². The maximum absolute atomic E-state index is 12.7. The van der Waals surface area contributed by atoms with Gasteiger partial charge in [-0.1, -0.05) is 18.2 Å². The van der Waals surface area contributed by atoms with Crippen LogP contribution in [-0.4, -0.2) is 23.1 Å². The largest absolute Gasteiger partial charge is 0.508 e. The zero-order chi connectivity index (χ0) is 19.7. The Morgan fingerprint density at radius 2 is 1.61 bits per heavy atom. The number of phenols is 1. The monoisotopic (exact) mass is 403 g/mol. The van der Waals surface area contributed by atoms with Crippen molar-refractivity contribution in [3.05, 3.63) is 76.2 Å². The van der Waals surface area contributed by atoms with Crippen LogP contribution in [0.5, 0.6) is 5.75 Å². The van der Waals surface area contributed by atoms with E-state index in [2.05, 4.69) is 11.0 Å². The van der Waals surface area contributed by atoms with Crippen LogP contribution >= 0.6 is 11.3 Å². The minimum absolute atomic E-state index is 0.312. The molecule has 0 amide bonds. The molecule has 0 bridgehead atoms. The number of rotatable bonds is 3. The fourth-order valence-electron chi connectivity index (χ4n) is 3.58.